The van der Waals surface area contributed by atoms with E-state index < -0.39 is 0 Å². The van der Waals surface area contributed by atoms with Gasteiger partial charge in [-0.25, -0.2) is 9.82 Å². The van der Waals surface area contributed by atoms with E-state index in [1.54, 1.807) is 6.07 Å². The standard InChI is InChI=1S/C14H14BrFN2/c1-9-6-7-10(16)8-12(9)14(18-17)11-4-2-3-5-13(11)15/h2-8,14,18H,17H2,1H3. The van der Waals surface area contributed by atoms with Crippen molar-refractivity contribution >= 4 is 15.9 Å². The predicted molar refractivity (Wildman–Crippen MR) is 74.4 cm³/mol. The molecule has 0 fully saturated rings. The van der Waals surface area contributed by atoms with Crippen molar-refractivity contribution < 1.29 is 4.39 Å². The maximum Gasteiger partial charge on any atom is 0.123 e. The van der Waals surface area contributed by atoms with Gasteiger partial charge in [0.05, 0.1) is 6.04 Å². The molecule has 0 radical (unpaired) electrons. The number of hydrogen-bond acceptors (Lipinski definition) is 2. The van der Waals surface area contributed by atoms with Crippen LogP contribution in [0.2, 0.25) is 0 Å². The molecule has 2 aromatic carbocycles. The first-order chi connectivity index (χ1) is 8.63. The van der Waals surface area contributed by atoms with Gasteiger partial charge in [-0.15, -0.1) is 0 Å². The van der Waals surface area contributed by atoms with Crippen LogP contribution in [0.3, 0.4) is 0 Å². The lowest BCUT2D eigenvalue weighted by atomic mass is 9.95. The molecule has 94 valence electrons. The van der Waals surface area contributed by atoms with Crippen LogP contribution in [0.1, 0.15) is 22.7 Å². The summed E-state index contributed by atoms with van der Waals surface area (Å²) in [4.78, 5) is 0. The third kappa shape index (κ3) is 2.61. The molecule has 0 amide bonds. The van der Waals surface area contributed by atoms with E-state index in [0.29, 0.717) is 0 Å². The lowest BCUT2D eigenvalue weighted by molar-refractivity contribution is 0.602. The third-order valence-corrected chi connectivity index (χ3v) is 3.66. The highest BCUT2D eigenvalue weighted by Gasteiger charge is 2.17. The van der Waals surface area contributed by atoms with Crippen molar-refractivity contribution in [3.8, 4) is 0 Å². The van der Waals surface area contributed by atoms with Crippen LogP contribution in [0, 0.1) is 12.7 Å². The minimum absolute atomic E-state index is 0.240. The Morgan fingerprint density at radius 3 is 2.56 bits per heavy atom. The van der Waals surface area contributed by atoms with E-state index in [-0.39, 0.29) is 11.9 Å². The second kappa shape index (κ2) is 5.61. The predicted octanol–water partition coefficient (Wildman–Crippen LogP) is 3.45. The van der Waals surface area contributed by atoms with Gasteiger partial charge in [-0.05, 0) is 41.8 Å². The maximum atomic E-state index is 13.4. The second-order valence-corrected chi connectivity index (χ2v) is 4.98. The third-order valence-electron chi connectivity index (χ3n) is 2.94. The van der Waals surface area contributed by atoms with E-state index in [4.69, 9.17) is 5.84 Å². The van der Waals surface area contributed by atoms with E-state index in [1.807, 2.05) is 31.2 Å². The molecule has 4 heteroatoms. The molecule has 1 unspecified atom stereocenters. The Bertz CT molecular complexity index is 557. The van der Waals surface area contributed by atoms with Crippen molar-refractivity contribution in [2.45, 2.75) is 13.0 Å². The van der Waals surface area contributed by atoms with Gasteiger partial charge in [-0.3, -0.25) is 5.84 Å². The Kier molecular flexibility index (Phi) is 4.11. The van der Waals surface area contributed by atoms with Crippen molar-refractivity contribution in [2.75, 3.05) is 0 Å². The Hall–Kier alpha value is -1.23. The summed E-state index contributed by atoms with van der Waals surface area (Å²) in [6.07, 6.45) is 0. The van der Waals surface area contributed by atoms with E-state index >= 15 is 0 Å². The van der Waals surface area contributed by atoms with Crippen molar-refractivity contribution in [1.29, 1.82) is 0 Å². The number of benzene rings is 2. The number of nitrogens with one attached hydrogen (secondary N) is 1. The minimum atomic E-state index is -0.261. The normalized spacial score (nSPS) is 12.4. The first-order valence-electron chi connectivity index (χ1n) is 5.60. The fraction of sp³-hybridized carbons (Fsp3) is 0.143. The molecule has 0 aliphatic heterocycles. The lowest BCUT2D eigenvalue weighted by Gasteiger charge is -2.20. The van der Waals surface area contributed by atoms with Crippen molar-refractivity contribution in [1.82, 2.24) is 5.43 Å². The fourth-order valence-electron chi connectivity index (χ4n) is 1.98. The van der Waals surface area contributed by atoms with E-state index in [9.17, 15) is 4.39 Å². The van der Waals surface area contributed by atoms with E-state index in [2.05, 4.69) is 21.4 Å². The molecule has 18 heavy (non-hydrogen) atoms. The summed E-state index contributed by atoms with van der Waals surface area (Å²) in [5.41, 5.74) is 5.56. The first kappa shape index (κ1) is 13.2. The molecule has 0 aliphatic rings. The Morgan fingerprint density at radius 1 is 1.17 bits per heavy atom. The molecule has 0 aromatic heterocycles. The summed E-state index contributed by atoms with van der Waals surface area (Å²) in [5.74, 6) is 5.37. The van der Waals surface area contributed by atoms with Gasteiger partial charge < -0.3 is 0 Å². The zero-order chi connectivity index (χ0) is 13.1. The van der Waals surface area contributed by atoms with Gasteiger partial charge in [0.1, 0.15) is 5.82 Å². The highest BCUT2D eigenvalue weighted by Crippen LogP contribution is 2.29. The molecule has 2 aromatic rings. The van der Waals surface area contributed by atoms with Gasteiger partial charge in [-0.2, -0.15) is 0 Å². The van der Waals surface area contributed by atoms with E-state index in [0.717, 1.165) is 21.2 Å². The topological polar surface area (TPSA) is 38.0 Å². The molecule has 0 heterocycles. The molecule has 0 saturated heterocycles. The van der Waals surface area contributed by atoms with Gasteiger partial charge in [0.2, 0.25) is 0 Å². The molecular weight excluding hydrogens is 295 g/mol. The number of nitrogens with two attached hydrogens (primary N) is 1. The van der Waals surface area contributed by atoms with Crippen LogP contribution < -0.4 is 11.3 Å². The molecule has 1 atom stereocenters. The van der Waals surface area contributed by atoms with Crippen LogP contribution in [0.5, 0.6) is 0 Å². The first-order valence-corrected chi connectivity index (χ1v) is 6.39. The summed E-state index contributed by atoms with van der Waals surface area (Å²) in [7, 11) is 0. The quantitative estimate of drug-likeness (QED) is 0.673. The van der Waals surface area contributed by atoms with Gasteiger partial charge in [0.15, 0.2) is 0 Å². The summed E-state index contributed by atoms with van der Waals surface area (Å²) in [6.45, 7) is 1.94. The summed E-state index contributed by atoms with van der Waals surface area (Å²) in [5, 5.41) is 0. The van der Waals surface area contributed by atoms with Crippen molar-refractivity contribution in [3.63, 3.8) is 0 Å². The molecule has 0 aliphatic carbocycles. The van der Waals surface area contributed by atoms with Crippen LogP contribution in [-0.4, -0.2) is 0 Å². The van der Waals surface area contributed by atoms with Gasteiger partial charge in [-0.1, -0.05) is 40.2 Å². The Morgan fingerprint density at radius 2 is 1.89 bits per heavy atom. The molecule has 3 N–H and O–H groups in total. The minimum Gasteiger partial charge on any atom is -0.271 e. The lowest BCUT2D eigenvalue weighted by Crippen LogP contribution is -2.29. The number of rotatable bonds is 3. The number of hydrogen-bond donors (Lipinski definition) is 2. The molecule has 0 bridgehead atoms. The van der Waals surface area contributed by atoms with Crippen molar-refractivity contribution in [2.24, 2.45) is 5.84 Å². The van der Waals surface area contributed by atoms with Gasteiger partial charge in [0, 0.05) is 4.47 Å². The average molecular weight is 309 g/mol. The fourth-order valence-corrected chi connectivity index (χ4v) is 2.49. The summed E-state index contributed by atoms with van der Waals surface area (Å²) >= 11 is 3.49. The highest BCUT2D eigenvalue weighted by atomic mass is 79.9. The average Bonchev–Trinajstić information content (AvgIpc) is 2.36. The van der Waals surface area contributed by atoms with Gasteiger partial charge in [0.25, 0.3) is 0 Å². The van der Waals surface area contributed by atoms with Crippen LogP contribution in [0.25, 0.3) is 0 Å². The molecule has 0 spiro atoms. The number of aryl methyl sites for hydroxylation is 1. The SMILES string of the molecule is Cc1ccc(F)cc1C(NN)c1ccccc1Br. The highest BCUT2D eigenvalue weighted by molar-refractivity contribution is 9.10. The summed E-state index contributed by atoms with van der Waals surface area (Å²) < 4.78 is 14.3. The monoisotopic (exact) mass is 308 g/mol. The second-order valence-electron chi connectivity index (χ2n) is 4.12. The van der Waals surface area contributed by atoms with Crippen molar-refractivity contribution in [3.05, 3.63) is 69.4 Å². The molecule has 0 saturated carbocycles. The Balaban J connectivity index is 2.52. The van der Waals surface area contributed by atoms with E-state index in [1.165, 1.54) is 12.1 Å². The summed E-state index contributed by atoms with van der Waals surface area (Å²) in [6, 6.07) is 12.2. The van der Waals surface area contributed by atoms with Crippen LogP contribution in [0.15, 0.2) is 46.9 Å². The van der Waals surface area contributed by atoms with Crippen LogP contribution >= 0.6 is 15.9 Å². The van der Waals surface area contributed by atoms with Gasteiger partial charge >= 0.3 is 0 Å². The maximum absolute atomic E-state index is 13.4. The molecule has 2 nitrogen and oxygen atoms in total. The zero-order valence-electron chi connectivity index (χ0n) is 9.95. The van der Waals surface area contributed by atoms with Crippen LogP contribution in [-0.2, 0) is 0 Å². The van der Waals surface area contributed by atoms with Crippen LogP contribution in [0.4, 0.5) is 4.39 Å². The number of hydrazine groups is 1. The Labute approximate surface area is 114 Å². The largest absolute Gasteiger partial charge is 0.271 e. The zero-order valence-corrected chi connectivity index (χ0v) is 11.5. The molecular formula is C14H14BrFN2. The molecule has 2 rings (SSSR count). The smallest absolute Gasteiger partial charge is 0.123 e. The number of halogens is 2.